The van der Waals surface area contributed by atoms with E-state index in [1.807, 2.05) is 31.1 Å². The van der Waals surface area contributed by atoms with Crippen LogP contribution >= 0.6 is 0 Å². The molecule has 0 saturated carbocycles. The van der Waals surface area contributed by atoms with Gasteiger partial charge in [0.2, 0.25) is 0 Å². The zero-order valence-electron chi connectivity index (χ0n) is 13.7. The van der Waals surface area contributed by atoms with Crippen LogP contribution in [-0.2, 0) is 0 Å². The molecule has 0 aliphatic carbocycles. The summed E-state index contributed by atoms with van der Waals surface area (Å²) in [5.41, 5.74) is 1.47. The van der Waals surface area contributed by atoms with Crippen LogP contribution in [0.4, 0.5) is 5.69 Å². The first kappa shape index (κ1) is 17.4. The van der Waals surface area contributed by atoms with E-state index in [2.05, 4.69) is 29.0 Å². The zero-order valence-corrected chi connectivity index (χ0v) is 13.7. The lowest BCUT2D eigenvalue weighted by molar-refractivity contribution is 0.0739. The third-order valence-corrected chi connectivity index (χ3v) is 3.16. The molecule has 0 fully saturated rings. The van der Waals surface area contributed by atoms with Gasteiger partial charge in [0.25, 0.3) is 5.91 Å². The molecule has 0 radical (unpaired) electrons. The summed E-state index contributed by atoms with van der Waals surface area (Å²) in [6.07, 6.45) is 3.70. The van der Waals surface area contributed by atoms with Crippen molar-refractivity contribution in [3.8, 4) is 0 Å². The molecule has 0 aromatic carbocycles. The summed E-state index contributed by atoms with van der Waals surface area (Å²) in [5.74, 6) is 0.0128. The van der Waals surface area contributed by atoms with E-state index in [1.54, 1.807) is 6.20 Å². The lowest BCUT2D eigenvalue weighted by Gasteiger charge is -2.23. The average molecular weight is 292 g/mol. The summed E-state index contributed by atoms with van der Waals surface area (Å²) >= 11 is 0. The van der Waals surface area contributed by atoms with Crippen LogP contribution in [0.1, 0.15) is 37.2 Å². The van der Waals surface area contributed by atoms with Gasteiger partial charge in [0.05, 0.1) is 0 Å². The molecule has 5 heteroatoms. The third kappa shape index (κ3) is 6.12. The van der Waals surface area contributed by atoms with Crippen LogP contribution in [-0.4, -0.2) is 61.0 Å². The van der Waals surface area contributed by atoms with Crippen LogP contribution < -0.4 is 5.32 Å². The molecule has 1 amide bonds. The van der Waals surface area contributed by atoms with Gasteiger partial charge in [0.15, 0.2) is 0 Å². The van der Waals surface area contributed by atoms with Crippen LogP contribution in [0.3, 0.4) is 0 Å². The Morgan fingerprint density at radius 1 is 1.19 bits per heavy atom. The summed E-state index contributed by atoms with van der Waals surface area (Å²) in [6.45, 7) is 7.46. The Kier molecular flexibility index (Phi) is 7.75. The van der Waals surface area contributed by atoms with Gasteiger partial charge in [0.1, 0.15) is 5.69 Å². The predicted molar refractivity (Wildman–Crippen MR) is 87.8 cm³/mol. The largest absolute Gasteiger partial charge is 0.385 e. The van der Waals surface area contributed by atoms with Crippen molar-refractivity contribution in [3.63, 3.8) is 0 Å². The van der Waals surface area contributed by atoms with Gasteiger partial charge >= 0.3 is 0 Å². The SMILES string of the molecule is CCCNc1ccnc(C(=O)N(CCC)CCN(C)C)c1. The molecule has 1 aromatic rings. The topological polar surface area (TPSA) is 48.5 Å². The molecule has 0 atom stereocenters. The van der Waals surface area contributed by atoms with E-state index in [0.717, 1.165) is 44.7 Å². The molecule has 0 aliphatic heterocycles. The first-order valence-electron chi connectivity index (χ1n) is 7.72. The summed E-state index contributed by atoms with van der Waals surface area (Å²) in [4.78, 5) is 20.8. The second kappa shape index (κ2) is 9.34. The summed E-state index contributed by atoms with van der Waals surface area (Å²) in [7, 11) is 4.03. The van der Waals surface area contributed by atoms with Gasteiger partial charge in [-0.3, -0.25) is 9.78 Å². The molecule has 0 bridgehead atoms. The second-order valence-electron chi connectivity index (χ2n) is 5.45. The van der Waals surface area contributed by atoms with E-state index < -0.39 is 0 Å². The monoisotopic (exact) mass is 292 g/mol. The molecule has 0 spiro atoms. The third-order valence-electron chi connectivity index (χ3n) is 3.16. The van der Waals surface area contributed by atoms with Gasteiger partial charge in [-0.2, -0.15) is 0 Å². The molecule has 1 rings (SSSR count). The molecule has 1 N–H and O–H groups in total. The number of rotatable bonds is 9. The molecular weight excluding hydrogens is 264 g/mol. The number of likely N-dealkylation sites (N-methyl/N-ethyl adjacent to an activating group) is 1. The summed E-state index contributed by atoms with van der Waals surface area (Å²) < 4.78 is 0. The van der Waals surface area contributed by atoms with Crippen LogP contribution in [0.2, 0.25) is 0 Å². The molecular formula is C16H28N4O. The van der Waals surface area contributed by atoms with Crippen molar-refractivity contribution in [2.24, 2.45) is 0 Å². The fourth-order valence-corrected chi connectivity index (χ4v) is 1.99. The molecule has 21 heavy (non-hydrogen) atoms. The van der Waals surface area contributed by atoms with Gasteiger partial charge in [-0.1, -0.05) is 13.8 Å². The van der Waals surface area contributed by atoms with E-state index in [9.17, 15) is 4.79 Å². The minimum absolute atomic E-state index is 0.0128. The first-order chi connectivity index (χ1) is 10.1. The zero-order chi connectivity index (χ0) is 15.7. The number of aromatic nitrogens is 1. The van der Waals surface area contributed by atoms with Gasteiger partial charge in [-0.15, -0.1) is 0 Å². The van der Waals surface area contributed by atoms with Gasteiger partial charge < -0.3 is 15.1 Å². The lowest BCUT2D eigenvalue weighted by Crippen LogP contribution is -2.37. The van der Waals surface area contributed by atoms with Crippen molar-refractivity contribution < 1.29 is 4.79 Å². The standard InChI is InChI=1S/C16H28N4O/c1-5-8-17-14-7-9-18-15(13-14)16(21)20(10-6-2)12-11-19(3)4/h7,9,13H,5-6,8,10-12H2,1-4H3,(H,17,18). The number of carbonyl (C=O) groups excluding carboxylic acids is 1. The van der Waals surface area contributed by atoms with Crippen molar-refractivity contribution in [1.82, 2.24) is 14.8 Å². The molecule has 0 unspecified atom stereocenters. The van der Waals surface area contributed by atoms with Crippen LogP contribution in [0, 0.1) is 0 Å². The van der Waals surface area contributed by atoms with Gasteiger partial charge in [-0.05, 0) is 39.1 Å². The van der Waals surface area contributed by atoms with E-state index in [4.69, 9.17) is 0 Å². The highest BCUT2D eigenvalue weighted by Gasteiger charge is 2.16. The van der Waals surface area contributed by atoms with Crippen LogP contribution in [0.15, 0.2) is 18.3 Å². The Labute approximate surface area is 128 Å². The fraction of sp³-hybridized carbons (Fsp3) is 0.625. The summed E-state index contributed by atoms with van der Waals surface area (Å²) in [6, 6.07) is 3.74. The number of pyridine rings is 1. The molecule has 1 heterocycles. The Morgan fingerprint density at radius 2 is 1.95 bits per heavy atom. The summed E-state index contributed by atoms with van der Waals surface area (Å²) in [5, 5.41) is 3.29. The number of hydrogen-bond donors (Lipinski definition) is 1. The second-order valence-corrected chi connectivity index (χ2v) is 5.45. The average Bonchev–Trinajstić information content (AvgIpc) is 2.48. The Morgan fingerprint density at radius 3 is 2.57 bits per heavy atom. The van der Waals surface area contributed by atoms with Crippen molar-refractivity contribution in [2.45, 2.75) is 26.7 Å². The van der Waals surface area contributed by atoms with Crippen molar-refractivity contribution >= 4 is 11.6 Å². The van der Waals surface area contributed by atoms with Crippen LogP contribution in [0.5, 0.6) is 0 Å². The Bertz CT molecular complexity index is 434. The smallest absolute Gasteiger partial charge is 0.272 e. The minimum atomic E-state index is 0.0128. The Balaban J connectivity index is 2.77. The van der Waals surface area contributed by atoms with E-state index in [1.165, 1.54) is 0 Å². The maximum absolute atomic E-state index is 12.6. The minimum Gasteiger partial charge on any atom is -0.385 e. The molecule has 118 valence electrons. The van der Waals surface area contributed by atoms with Crippen LogP contribution in [0.25, 0.3) is 0 Å². The normalized spacial score (nSPS) is 10.7. The van der Waals surface area contributed by atoms with Gasteiger partial charge in [0, 0.05) is 38.1 Å². The quantitative estimate of drug-likeness (QED) is 0.759. The number of nitrogens with zero attached hydrogens (tertiary/aromatic N) is 3. The molecule has 5 nitrogen and oxygen atoms in total. The maximum atomic E-state index is 12.6. The van der Waals surface area contributed by atoms with Crippen molar-refractivity contribution in [3.05, 3.63) is 24.0 Å². The highest BCUT2D eigenvalue weighted by molar-refractivity contribution is 5.93. The van der Waals surface area contributed by atoms with Gasteiger partial charge in [-0.25, -0.2) is 0 Å². The number of nitrogens with one attached hydrogen (secondary N) is 1. The number of carbonyl (C=O) groups is 1. The molecule has 0 aliphatic rings. The molecule has 1 aromatic heterocycles. The highest BCUT2D eigenvalue weighted by Crippen LogP contribution is 2.10. The predicted octanol–water partition coefficient (Wildman–Crippen LogP) is 2.32. The number of anilines is 1. The lowest BCUT2D eigenvalue weighted by atomic mass is 10.2. The number of amides is 1. The van der Waals surface area contributed by atoms with E-state index in [0.29, 0.717) is 5.69 Å². The van der Waals surface area contributed by atoms with Crippen molar-refractivity contribution in [2.75, 3.05) is 45.6 Å². The maximum Gasteiger partial charge on any atom is 0.272 e. The Hall–Kier alpha value is -1.62. The van der Waals surface area contributed by atoms with E-state index >= 15 is 0 Å². The fourth-order valence-electron chi connectivity index (χ4n) is 1.99. The van der Waals surface area contributed by atoms with E-state index in [-0.39, 0.29) is 5.91 Å². The highest BCUT2D eigenvalue weighted by atomic mass is 16.2. The number of hydrogen-bond acceptors (Lipinski definition) is 4. The first-order valence-corrected chi connectivity index (χ1v) is 7.72. The molecule has 0 saturated heterocycles. The van der Waals surface area contributed by atoms with Crippen molar-refractivity contribution in [1.29, 1.82) is 0 Å².